The van der Waals surface area contributed by atoms with Gasteiger partial charge in [0.2, 0.25) is 0 Å². The molecule has 0 amide bonds. The number of aromatic amines is 2. The third-order valence-corrected chi connectivity index (χ3v) is 2.87. The van der Waals surface area contributed by atoms with Crippen molar-refractivity contribution >= 4 is 34.2 Å². The number of alkyl halides is 3. The lowest BCUT2D eigenvalue weighted by molar-refractivity contribution is -0.137. The average Bonchev–Trinajstić information content (AvgIpc) is 2.51. The second-order valence-corrected chi connectivity index (χ2v) is 3.81. The first-order chi connectivity index (χ1) is 7.30. The molecule has 0 aliphatic carbocycles. The maximum absolute atomic E-state index is 12.5. The Hall–Kier alpha value is -1.14. The van der Waals surface area contributed by atoms with E-state index >= 15 is 0 Å². The zero-order valence-electron chi connectivity index (χ0n) is 7.38. The highest BCUT2D eigenvalue weighted by Gasteiger charge is 2.35. The molecule has 2 aromatic rings. The summed E-state index contributed by atoms with van der Waals surface area (Å²) in [5, 5.41) is -0.957. The molecule has 2 rings (SSSR count). The highest BCUT2D eigenvalue weighted by atomic mass is 35.5. The van der Waals surface area contributed by atoms with Gasteiger partial charge >= 0.3 is 11.9 Å². The normalized spacial score (nSPS) is 12.3. The minimum atomic E-state index is -4.62. The van der Waals surface area contributed by atoms with Crippen LogP contribution in [0.15, 0.2) is 10.9 Å². The van der Waals surface area contributed by atoms with Crippen LogP contribution in [0, 0.1) is 0 Å². The number of halogens is 5. The molecule has 0 saturated carbocycles. The lowest BCUT2D eigenvalue weighted by atomic mass is 10.2. The van der Waals surface area contributed by atoms with E-state index in [2.05, 4.69) is 9.97 Å². The van der Waals surface area contributed by atoms with Crippen LogP contribution in [0.4, 0.5) is 13.2 Å². The summed E-state index contributed by atoms with van der Waals surface area (Å²) in [5.41, 5.74) is -1.70. The molecular formula is C8H3Cl2F3N2O. The molecular weight excluding hydrogens is 268 g/mol. The molecule has 1 aromatic heterocycles. The molecule has 16 heavy (non-hydrogen) atoms. The van der Waals surface area contributed by atoms with E-state index in [4.69, 9.17) is 23.2 Å². The van der Waals surface area contributed by atoms with Gasteiger partial charge < -0.3 is 9.97 Å². The van der Waals surface area contributed by atoms with Crippen molar-refractivity contribution in [3.8, 4) is 0 Å². The first-order valence-corrected chi connectivity index (χ1v) is 4.73. The predicted molar refractivity (Wildman–Crippen MR) is 53.9 cm³/mol. The summed E-state index contributed by atoms with van der Waals surface area (Å²) < 4.78 is 37.6. The molecule has 1 aromatic carbocycles. The molecule has 2 N–H and O–H groups in total. The van der Waals surface area contributed by atoms with Crippen molar-refractivity contribution in [2.75, 3.05) is 0 Å². The Labute approximate surface area is 96.2 Å². The highest BCUT2D eigenvalue weighted by Crippen LogP contribution is 2.40. The van der Waals surface area contributed by atoms with Gasteiger partial charge in [-0.15, -0.1) is 0 Å². The molecule has 86 valence electrons. The Morgan fingerprint density at radius 3 is 2.31 bits per heavy atom. The van der Waals surface area contributed by atoms with Gasteiger partial charge in [0.1, 0.15) is 0 Å². The SMILES string of the molecule is O=c1[nH]c2cc(C(F)(F)F)c(Cl)c(Cl)c2[nH]1. The van der Waals surface area contributed by atoms with Crippen LogP contribution in [0.3, 0.4) is 0 Å². The van der Waals surface area contributed by atoms with Gasteiger partial charge in [-0.2, -0.15) is 13.2 Å². The Morgan fingerprint density at radius 2 is 1.75 bits per heavy atom. The molecule has 1 heterocycles. The lowest BCUT2D eigenvalue weighted by Gasteiger charge is -2.10. The molecule has 8 heteroatoms. The third kappa shape index (κ3) is 1.68. The molecule has 0 aliphatic rings. The van der Waals surface area contributed by atoms with Crippen LogP contribution >= 0.6 is 23.2 Å². The van der Waals surface area contributed by atoms with Gasteiger partial charge in [0.05, 0.1) is 26.6 Å². The number of benzene rings is 1. The number of aromatic nitrogens is 2. The Kier molecular flexibility index (Phi) is 2.43. The third-order valence-electron chi connectivity index (χ3n) is 2.00. The van der Waals surface area contributed by atoms with Crippen molar-refractivity contribution < 1.29 is 13.2 Å². The molecule has 0 spiro atoms. The van der Waals surface area contributed by atoms with E-state index in [9.17, 15) is 18.0 Å². The van der Waals surface area contributed by atoms with E-state index in [-0.39, 0.29) is 16.1 Å². The van der Waals surface area contributed by atoms with Gasteiger partial charge in [-0.3, -0.25) is 0 Å². The summed E-state index contributed by atoms with van der Waals surface area (Å²) in [6.07, 6.45) is -4.62. The second-order valence-electron chi connectivity index (χ2n) is 3.05. The number of hydrogen-bond donors (Lipinski definition) is 2. The van der Waals surface area contributed by atoms with Crippen LogP contribution in [0.5, 0.6) is 0 Å². The molecule has 0 aliphatic heterocycles. The van der Waals surface area contributed by atoms with Crippen molar-refractivity contribution in [3.63, 3.8) is 0 Å². The van der Waals surface area contributed by atoms with Crippen LogP contribution < -0.4 is 5.69 Å². The van der Waals surface area contributed by atoms with Crippen LogP contribution in [0.2, 0.25) is 10.0 Å². The lowest BCUT2D eigenvalue weighted by Crippen LogP contribution is -2.06. The molecule has 3 nitrogen and oxygen atoms in total. The number of imidazole rings is 1. The van der Waals surface area contributed by atoms with Gasteiger partial charge in [0, 0.05) is 0 Å². The van der Waals surface area contributed by atoms with Crippen LogP contribution in [-0.2, 0) is 6.18 Å². The molecule has 0 fully saturated rings. The monoisotopic (exact) mass is 270 g/mol. The fraction of sp³-hybridized carbons (Fsp3) is 0.125. The fourth-order valence-electron chi connectivity index (χ4n) is 1.32. The Bertz CT molecular complexity index is 614. The van der Waals surface area contributed by atoms with Crippen LogP contribution in [-0.4, -0.2) is 9.97 Å². The predicted octanol–water partition coefficient (Wildman–Crippen LogP) is 3.18. The quantitative estimate of drug-likeness (QED) is 0.759. The number of fused-ring (bicyclic) bond motifs is 1. The smallest absolute Gasteiger partial charge is 0.306 e. The summed E-state index contributed by atoms with van der Waals surface area (Å²) in [6, 6.07) is 0.738. The average molecular weight is 271 g/mol. The Balaban J connectivity index is 2.88. The van der Waals surface area contributed by atoms with Gasteiger partial charge in [0.25, 0.3) is 0 Å². The van der Waals surface area contributed by atoms with E-state index in [1.54, 1.807) is 0 Å². The summed E-state index contributed by atoms with van der Waals surface area (Å²) in [6.45, 7) is 0. The molecule has 0 atom stereocenters. The van der Waals surface area contributed by atoms with Crippen molar-refractivity contribution in [1.29, 1.82) is 0 Å². The summed E-state index contributed by atoms with van der Waals surface area (Å²) in [5.74, 6) is 0. The maximum Gasteiger partial charge on any atom is 0.417 e. The first-order valence-electron chi connectivity index (χ1n) is 3.98. The topological polar surface area (TPSA) is 48.6 Å². The Morgan fingerprint density at radius 1 is 1.12 bits per heavy atom. The van der Waals surface area contributed by atoms with Crippen LogP contribution in [0.25, 0.3) is 11.0 Å². The number of H-pyrrole nitrogens is 2. The van der Waals surface area contributed by atoms with Crippen molar-refractivity contribution in [3.05, 3.63) is 32.2 Å². The fourth-order valence-corrected chi connectivity index (χ4v) is 1.83. The van der Waals surface area contributed by atoms with Crippen molar-refractivity contribution in [1.82, 2.24) is 9.97 Å². The van der Waals surface area contributed by atoms with E-state index < -0.39 is 22.5 Å². The van der Waals surface area contributed by atoms with Crippen molar-refractivity contribution in [2.24, 2.45) is 0 Å². The van der Waals surface area contributed by atoms with Crippen LogP contribution in [0.1, 0.15) is 5.56 Å². The molecule has 0 saturated heterocycles. The standard InChI is InChI=1S/C8H3Cl2F3N2O/c9-4-2(8(11,12)13)1-3-6(5(4)10)15-7(16)14-3/h1H,(H2,14,15,16). The second kappa shape index (κ2) is 3.43. The first kappa shape index (κ1) is 11.3. The zero-order chi connectivity index (χ0) is 12.1. The van der Waals surface area contributed by atoms with E-state index in [1.807, 2.05) is 0 Å². The minimum absolute atomic E-state index is 0.0354. The summed E-state index contributed by atoms with van der Waals surface area (Å²) in [4.78, 5) is 15.4. The highest BCUT2D eigenvalue weighted by molar-refractivity contribution is 6.45. The largest absolute Gasteiger partial charge is 0.417 e. The zero-order valence-corrected chi connectivity index (χ0v) is 8.89. The van der Waals surface area contributed by atoms with E-state index in [0.29, 0.717) is 0 Å². The molecule has 0 radical (unpaired) electrons. The van der Waals surface area contributed by atoms with E-state index in [0.717, 1.165) is 6.07 Å². The summed E-state index contributed by atoms with van der Waals surface area (Å²) >= 11 is 11.1. The number of rotatable bonds is 0. The van der Waals surface area contributed by atoms with Gasteiger partial charge in [0.15, 0.2) is 0 Å². The van der Waals surface area contributed by atoms with Gasteiger partial charge in [-0.25, -0.2) is 4.79 Å². The summed E-state index contributed by atoms with van der Waals surface area (Å²) in [7, 11) is 0. The van der Waals surface area contributed by atoms with Gasteiger partial charge in [-0.1, -0.05) is 23.2 Å². The number of nitrogens with one attached hydrogen (secondary N) is 2. The molecule has 0 bridgehead atoms. The number of hydrogen-bond acceptors (Lipinski definition) is 1. The van der Waals surface area contributed by atoms with E-state index in [1.165, 1.54) is 0 Å². The van der Waals surface area contributed by atoms with Gasteiger partial charge in [-0.05, 0) is 6.07 Å². The maximum atomic E-state index is 12.5. The molecule has 0 unspecified atom stereocenters. The minimum Gasteiger partial charge on any atom is -0.306 e. The van der Waals surface area contributed by atoms with Crippen molar-refractivity contribution in [2.45, 2.75) is 6.18 Å².